The van der Waals surface area contributed by atoms with Crippen molar-refractivity contribution in [3.63, 3.8) is 0 Å². The second-order valence-corrected chi connectivity index (χ2v) is 6.66. The van der Waals surface area contributed by atoms with Gasteiger partial charge in [0.25, 0.3) is 0 Å². The molecule has 134 valence electrons. The molecule has 4 N–H and O–H groups in total. The van der Waals surface area contributed by atoms with Crippen LogP contribution in [0.1, 0.15) is 11.8 Å². The molecule has 26 heavy (non-hydrogen) atoms. The Morgan fingerprint density at radius 1 is 1.04 bits per heavy atom. The molecular weight excluding hydrogens is 354 g/mol. The summed E-state index contributed by atoms with van der Waals surface area (Å²) in [5.41, 5.74) is 1.99. The molecule has 3 aromatic rings. The van der Waals surface area contributed by atoms with Crippen molar-refractivity contribution in [2.24, 2.45) is 0 Å². The first-order chi connectivity index (χ1) is 12.6. The molecule has 0 bridgehead atoms. The van der Waals surface area contributed by atoms with Crippen LogP contribution < -0.4 is 4.90 Å². The van der Waals surface area contributed by atoms with Crippen LogP contribution in [0.2, 0.25) is 5.02 Å². The lowest BCUT2D eigenvalue weighted by Crippen LogP contribution is -2.50. The monoisotopic (exact) mass is 371 g/mol. The fourth-order valence-electron chi connectivity index (χ4n) is 3.29. The molecule has 0 fully saturated rings. The number of aliphatic hydroxyl groups excluding tert-OH is 3. The van der Waals surface area contributed by atoms with E-state index < -0.39 is 18.2 Å². The summed E-state index contributed by atoms with van der Waals surface area (Å²) in [5, 5.41) is 31.5. The normalized spacial score (nSPS) is 22.3. The smallest absolute Gasteiger partial charge is 0.158 e. The molecule has 1 aromatic heterocycles. The van der Waals surface area contributed by atoms with Crippen molar-refractivity contribution in [2.45, 2.75) is 18.2 Å². The number of halogens is 1. The molecule has 4 rings (SSSR count). The molecule has 0 radical (unpaired) electrons. The number of nitrogens with zero attached hydrogens (tertiary/aromatic N) is 2. The summed E-state index contributed by atoms with van der Waals surface area (Å²) < 4.78 is 0. The number of H-pyrrole nitrogens is 1. The van der Waals surface area contributed by atoms with Crippen LogP contribution in [-0.2, 0) is 0 Å². The molecule has 0 amide bonds. The lowest BCUT2D eigenvalue weighted by Gasteiger charge is -2.40. The molecule has 2 aromatic carbocycles. The van der Waals surface area contributed by atoms with Gasteiger partial charge in [0.1, 0.15) is 18.0 Å². The molecule has 0 aliphatic carbocycles. The van der Waals surface area contributed by atoms with Crippen molar-refractivity contribution in [1.29, 1.82) is 0 Å². The molecule has 0 unspecified atom stereocenters. The fraction of sp³-hybridized carbons (Fsp3) is 0.211. The van der Waals surface area contributed by atoms with E-state index in [1.54, 1.807) is 17.0 Å². The van der Waals surface area contributed by atoms with Gasteiger partial charge < -0.3 is 25.2 Å². The van der Waals surface area contributed by atoms with Crippen LogP contribution in [0.25, 0.3) is 11.4 Å². The average Bonchev–Trinajstić information content (AvgIpc) is 3.11. The van der Waals surface area contributed by atoms with Crippen molar-refractivity contribution < 1.29 is 15.3 Å². The van der Waals surface area contributed by atoms with Gasteiger partial charge in [-0.05, 0) is 36.4 Å². The molecule has 0 saturated heterocycles. The molecule has 3 atom stereocenters. The van der Waals surface area contributed by atoms with Crippen LogP contribution in [0.15, 0.2) is 54.6 Å². The quantitative estimate of drug-likeness (QED) is 0.568. The Labute approximate surface area is 155 Å². The summed E-state index contributed by atoms with van der Waals surface area (Å²) in [7, 11) is 0. The van der Waals surface area contributed by atoms with Gasteiger partial charge in [-0.15, -0.1) is 0 Å². The van der Waals surface area contributed by atoms with Gasteiger partial charge in [0, 0.05) is 16.3 Å². The minimum Gasteiger partial charge on any atom is -0.394 e. The Hall–Kier alpha value is -2.38. The second-order valence-electron chi connectivity index (χ2n) is 6.22. The Kier molecular flexibility index (Phi) is 4.42. The van der Waals surface area contributed by atoms with Gasteiger partial charge >= 0.3 is 0 Å². The van der Waals surface area contributed by atoms with Crippen LogP contribution >= 0.6 is 11.6 Å². The number of aromatic amines is 1. The number of benzene rings is 2. The van der Waals surface area contributed by atoms with Crippen molar-refractivity contribution in [1.82, 2.24) is 9.97 Å². The Morgan fingerprint density at radius 3 is 2.38 bits per heavy atom. The van der Waals surface area contributed by atoms with E-state index in [1.165, 1.54) is 0 Å². The Bertz CT molecular complexity index is 898. The van der Waals surface area contributed by atoms with E-state index in [2.05, 4.69) is 9.97 Å². The number of hydrogen-bond acceptors (Lipinski definition) is 5. The van der Waals surface area contributed by atoms with Crippen molar-refractivity contribution in [2.75, 3.05) is 11.5 Å². The highest BCUT2D eigenvalue weighted by Gasteiger charge is 2.42. The number of aliphatic hydroxyl groups is 3. The van der Waals surface area contributed by atoms with Gasteiger partial charge in [-0.2, -0.15) is 0 Å². The van der Waals surface area contributed by atoms with Gasteiger partial charge in [-0.25, -0.2) is 4.98 Å². The Balaban J connectivity index is 1.86. The van der Waals surface area contributed by atoms with Gasteiger partial charge in [-0.3, -0.25) is 0 Å². The number of fused-ring (bicyclic) bond motifs is 1. The maximum absolute atomic E-state index is 10.5. The van der Waals surface area contributed by atoms with Crippen molar-refractivity contribution in [3.05, 3.63) is 65.3 Å². The van der Waals surface area contributed by atoms with Crippen LogP contribution in [0, 0.1) is 0 Å². The zero-order chi connectivity index (χ0) is 18.3. The van der Waals surface area contributed by atoms with Crippen LogP contribution in [0.4, 0.5) is 11.5 Å². The maximum atomic E-state index is 10.5. The summed E-state index contributed by atoms with van der Waals surface area (Å²) in [4.78, 5) is 9.50. The zero-order valence-corrected chi connectivity index (χ0v) is 14.5. The molecule has 1 aliphatic heterocycles. The van der Waals surface area contributed by atoms with Crippen LogP contribution in [0.5, 0.6) is 0 Å². The third-order valence-electron chi connectivity index (χ3n) is 4.62. The van der Waals surface area contributed by atoms with Gasteiger partial charge in [0.05, 0.1) is 18.3 Å². The standard InChI is InChI=1S/C19H18ClN3O3/c20-12-8-6-11(7-9-12)18-21-15-17(26)16(25)14(10-24)23(19(15)22-18)13-4-2-1-3-5-13/h1-9,14,16-17,24-26H,10H2,(H,21,22)/t14-,16-,17+/m0/s1. The number of para-hydroxylation sites is 1. The molecular formula is C19H18ClN3O3. The van der Waals surface area contributed by atoms with Gasteiger partial charge in [0.2, 0.25) is 0 Å². The molecule has 1 aliphatic rings. The largest absolute Gasteiger partial charge is 0.394 e. The number of anilines is 2. The molecule has 2 heterocycles. The summed E-state index contributed by atoms with van der Waals surface area (Å²) >= 11 is 5.94. The average molecular weight is 372 g/mol. The highest BCUT2D eigenvalue weighted by molar-refractivity contribution is 6.30. The first-order valence-electron chi connectivity index (χ1n) is 8.27. The van der Waals surface area contributed by atoms with Crippen molar-refractivity contribution in [3.8, 4) is 11.4 Å². The fourth-order valence-corrected chi connectivity index (χ4v) is 3.42. The minimum absolute atomic E-state index is 0.324. The molecule has 0 saturated carbocycles. The zero-order valence-electron chi connectivity index (χ0n) is 13.7. The van der Waals surface area contributed by atoms with Gasteiger partial charge in [0.15, 0.2) is 5.82 Å². The summed E-state index contributed by atoms with van der Waals surface area (Å²) in [6.45, 7) is -0.324. The highest BCUT2D eigenvalue weighted by atomic mass is 35.5. The lowest BCUT2D eigenvalue weighted by molar-refractivity contribution is -0.0162. The van der Waals surface area contributed by atoms with Gasteiger partial charge in [-0.1, -0.05) is 29.8 Å². The van der Waals surface area contributed by atoms with E-state index in [1.807, 2.05) is 42.5 Å². The van der Waals surface area contributed by atoms with Crippen LogP contribution in [-0.4, -0.2) is 44.0 Å². The molecule has 7 heteroatoms. The third kappa shape index (κ3) is 2.77. The number of rotatable bonds is 3. The number of nitrogens with one attached hydrogen (secondary N) is 1. The van der Waals surface area contributed by atoms with Crippen molar-refractivity contribution >= 4 is 23.1 Å². The summed E-state index contributed by atoms with van der Waals surface area (Å²) in [6, 6.07) is 15.8. The molecule has 0 spiro atoms. The first-order valence-corrected chi connectivity index (χ1v) is 8.65. The second kappa shape index (κ2) is 6.74. The van der Waals surface area contributed by atoms with E-state index in [0.717, 1.165) is 11.3 Å². The maximum Gasteiger partial charge on any atom is 0.158 e. The van der Waals surface area contributed by atoms with E-state index in [-0.39, 0.29) is 6.61 Å². The van der Waals surface area contributed by atoms with E-state index >= 15 is 0 Å². The van der Waals surface area contributed by atoms with Crippen LogP contribution in [0.3, 0.4) is 0 Å². The minimum atomic E-state index is -1.17. The van der Waals surface area contributed by atoms with E-state index in [9.17, 15) is 15.3 Å². The first kappa shape index (κ1) is 17.1. The summed E-state index contributed by atoms with van der Waals surface area (Å²) in [5.74, 6) is 1.04. The van der Waals surface area contributed by atoms with E-state index in [4.69, 9.17) is 11.6 Å². The predicted octanol–water partition coefficient (Wildman–Crippen LogP) is 2.64. The number of hydrogen-bond donors (Lipinski definition) is 4. The predicted molar refractivity (Wildman–Crippen MR) is 99.5 cm³/mol. The third-order valence-corrected chi connectivity index (χ3v) is 4.88. The SMILES string of the molecule is OC[C@H]1[C@H](O)[C@H](O)c2[nH]c(-c3ccc(Cl)cc3)nc2N1c1ccccc1. The number of imidazole rings is 1. The van der Waals surface area contributed by atoms with E-state index in [0.29, 0.717) is 22.4 Å². The topological polar surface area (TPSA) is 92.6 Å². The highest BCUT2D eigenvalue weighted by Crippen LogP contribution is 2.41. The Morgan fingerprint density at radius 2 is 1.73 bits per heavy atom. The lowest BCUT2D eigenvalue weighted by atomic mass is 9.96. The molecule has 6 nitrogen and oxygen atoms in total. The number of aromatic nitrogens is 2. The summed E-state index contributed by atoms with van der Waals surface area (Å²) in [6.07, 6.45) is -2.33.